The van der Waals surface area contributed by atoms with E-state index in [9.17, 15) is 9.18 Å². The Labute approximate surface area is 88.3 Å². The van der Waals surface area contributed by atoms with Crippen LogP contribution >= 0.6 is 0 Å². The second-order valence-corrected chi connectivity index (χ2v) is 4.27. The molecule has 0 atom stereocenters. The van der Waals surface area contributed by atoms with Crippen LogP contribution in [0.2, 0.25) is 0 Å². The van der Waals surface area contributed by atoms with Crippen LogP contribution in [0, 0.1) is 11.2 Å². The van der Waals surface area contributed by atoms with Crippen LogP contribution in [0.25, 0.3) is 0 Å². The lowest BCUT2D eigenvalue weighted by Gasteiger charge is -2.09. The first kappa shape index (κ1) is 10.1. The van der Waals surface area contributed by atoms with Gasteiger partial charge < -0.3 is 5.73 Å². The Bertz CT molecular complexity index is 368. The lowest BCUT2D eigenvalue weighted by molar-refractivity contribution is -0.123. The van der Waals surface area contributed by atoms with Crippen LogP contribution in [0.4, 0.5) is 4.39 Å². The largest absolute Gasteiger partial charge is 0.369 e. The van der Waals surface area contributed by atoms with Crippen molar-refractivity contribution in [1.82, 2.24) is 0 Å². The zero-order chi connectivity index (χ0) is 10.9. The van der Waals surface area contributed by atoms with Gasteiger partial charge in [0, 0.05) is 5.41 Å². The van der Waals surface area contributed by atoms with Crippen molar-refractivity contribution >= 4 is 5.91 Å². The van der Waals surface area contributed by atoms with Gasteiger partial charge in [0.05, 0.1) is 0 Å². The molecule has 0 unspecified atom stereocenters. The minimum absolute atomic E-state index is 0.190. The van der Waals surface area contributed by atoms with E-state index in [1.807, 2.05) is 0 Å². The number of hydrogen-bond acceptors (Lipinski definition) is 1. The smallest absolute Gasteiger partial charge is 0.223 e. The van der Waals surface area contributed by atoms with Gasteiger partial charge >= 0.3 is 0 Å². The van der Waals surface area contributed by atoms with Gasteiger partial charge in [-0.15, -0.1) is 0 Å². The molecule has 2 N–H and O–H groups in total. The third kappa shape index (κ3) is 2.17. The van der Waals surface area contributed by atoms with E-state index in [0.717, 1.165) is 31.2 Å². The zero-order valence-electron chi connectivity index (χ0n) is 8.50. The Morgan fingerprint density at radius 1 is 1.33 bits per heavy atom. The van der Waals surface area contributed by atoms with E-state index in [1.54, 1.807) is 12.1 Å². The minimum atomic E-state index is -0.256. The predicted molar refractivity (Wildman–Crippen MR) is 55.6 cm³/mol. The van der Waals surface area contributed by atoms with Crippen LogP contribution in [0.1, 0.15) is 24.8 Å². The molecule has 15 heavy (non-hydrogen) atoms. The molecule has 1 fully saturated rings. The first-order chi connectivity index (χ1) is 7.12. The molecule has 1 aliphatic rings. The summed E-state index contributed by atoms with van der Waals surface area (Å²) in [6, 6.07) is 6.40. The highest BCUT2D eigenvalue weighted by atomic mass is 19.1. The number of aryl methyl sites for hydroxylation is 1. The molecule has 1 amide bonds. The van der Waals surface area contributed by atoms with E-state index >= 15 is 0 Å². The minimum Gasteiger partial charge on any atom is -0.369 e. The summed E-state index contributed by atoms with van der Waals surface area (Å²) >= 11 is 0. The molecule has 2 nitrogen and oxygen atoms in total. The monoisotopic (exact) mass is 207 g/mol. The van der Waals surface area contributed by atoms with E-state index in [2.05, 4.69) is 0 Å². The molecule has 1 aromatic rings. The maximum absolute atomic E-state index is 12.6. The Kier molecular flexibility index (Phi) is 2.47. The number of carbonyl (C=O) groups is 1. The van der Waals surface area contributed by atoms with Gasteiger partial charge in [0.2, 0.25) is 5.91 Å². The van der Waals surface area contributed by atoms with E-state index < -0.39 is 0 Å². The van der Waals surface area contributed by atoms with Crippen molar-refractivity contribution in [3.05, 3.63) is 35.6 Å². The number of carbonyl (C=O) groups excluding carboxylic acids is 1. The third-order valence-corrected chi connectivity index (χ3v) is 3.18. The number of amides is 1. The Morgan fingerprint density at radius 3 is 2.40 bits per heavy atom. The highest BCUT2D eigenvalue weighted by Gasteiger charge is 2.47. The van der Waals surface area contributed by atoms with Crippen LogP contribution < -0.4 is 5.73 Å². The molecule has 0 spiro atoms. The van der Waals surface area contributed by atoms with Gasteiger partial charge in [-0.1, -0.05) is 12.1 Å². The van der Waals surface area contributed by atoms with Gasteiger partial charge in [-0.25, -0.2) is 4.39 Å². The topological polar surface area (TPSA) is 43.1 Å². The lowest BCUT2D eigenvalue weighted by atomic mass is 9.96. The van der Waals surface area contributed by atoms with Crippen LogP contribution in [0.15, 0.2) is 24.3 Å². The molecule has 3 heteroatoms. The zero-order valence-corrected chi connectivity index (χ0v) is 8.50. The molecule has 2 rings (SSSR count). The summed E-state index contributed by atoms with van der Waals surface area (Å²) in [4.78, 5) is 11.1. The summed E-state index contributed by atoms with van der Waals surface area (Å²) in [7, 11) is 0. The number of halogens is 1. The first-order valence-corrected chi connectivity index (χ1v) is 5.17. The average Bonchev–Trinajstić information content (AvgIpc) is 2.98. The highest BCUT2D eigenvalue weighted by molar-refractivity contribution is 5.83. The standard InChI is InChI=1S/C12H14FNO/c13-10-3-1-9(2-4-10)5-6-12(7-8-12)11(14)15/h1-4H,5-8H2,(H2,14,15). The molecule has 0 radical (unpaired) electrons. The van der Waals surface area contributed by atoms with Gasteiger partial charge in [0.15, 0.2) is 0 Å². The van der Waals surface area contributed by atoms with E-state index in [-0.39, 0.29) is 17.1 Å². The van der Waals surface area contributed by atoms with Gasteiger partial charge in [-0.3, -0.25) is 4.79 Å². The van der Waals surface area contributed by atoms with E-state index in [0.29, 0.717) is 0 Å². The molecular formula is C12H14FNO. The molecule has 0 aliphatic heterocycles. The maximum Gasteiger partial charge on any atom is 0.223 e. The van der Waals surface area contributed by atoms with Gasteiger partial charge in [-0.2, -0.15) is 0 Å². The Morgan fingerprint density at radius 2 is 1.93 bits per heavy atom. The molecule has 1 aliphatic carbocycles. The van der Waals surface area contributed by atoms with Crippen molar-refractivity contribution in [2.45, 2.75) is 25.7 Å². The molecule has 0 heterocycles. The number of rotatable bonds is 4. The molecular weight excluding hydrogens is 193 g/mol. The first-order valence-electron chi connectivity index (χ1n) is 5.17. The van der Waals surface area contributed by atoms with Crippen molar-refractivity contribution < 1.29 is 9.18 Å². The van der Waals surface area contributed by atoms with Crippen LogP contribution in [-0.4, -0.2) is 5.91 Å². The lowest BCUT2D eigenvalue weighted by Crippen LogP contribution is -2.25. The second kappa shape index (κ2) is 3.65. The summed E-state index contributed by atoms with van der Waals surface area (Å²) < 4.78 is 12.6. The summed E-state index contributed by atoms with van der Waals surface area (Å²) in [5.41, 5.74) is 6.13. The van der Waals surface area contributed by atoms with Crippen LogP contribution in [-0.2, 0) is 11.2 Å². The summed E-state index contributed by atoms with van der Waals surface area (Å²) in [6.07, 6.45) is 3.39. The molecule has 80 valence electrons. The van der Waals surface area contributed by atoms with E-state index in [1.165, 1.54) is 12.1 Å². The fraction of sp³-hybridized carbons (Fsp3) is 0.417. The van der Waals surface area contributed by atoms with Crippen molar-refractivity contribution in [3.8, 4) is 0 Å². The SMILES string of the molecule is NC(=O)C1(CCc2ccc(F)cc2)CC1. The predicted octanol–water partition coefficient (Wildman–Crippen LogP) is 2.02. The Balaban J connectivity index is 1.94. The van der Waals surface area contributed by atoms with Crippen LogP contribution in [0.5, 0.6) is 0 Å². The fourth-order valence-electron chi connectivity index (χ4n) is 1.81. The summed E-state index contributed by atoms with van der Waals surface area (Å²) in [5, 5.41) is 0. The number of hydrogen-bond donors (Lipinski definition) is 1. The molecule has 1 aromatic carbocycles. The molecule has 0 saturated heterocycles. The van der Waals surface area contributed by atoms with Crippen molar-refractivity contribution in [1.29, 1.82) is 0 Å². The van der Waals surface area contributed by atoms with Gasteiger partial charge in [0.25, 0.3) is 0 Å². The number of primary amides is 1. The summed E-state index contributed by atoms with van der Waals surface area (Å²) in [5.74, 6) is -0.417. The quantitative estimate of drug-likeness (QED) is 0.806. The fourth-order valence-corrected chi connectivity index (χ4v) is 1.81. The van der Waals surface area contributed by atoms with Gasteiger partial charge in [0.1, 0.15) is 5.82 Å². The normalized spacial score (nSPS) is 17.4. The van der Waals surface area contributed by atoms with Gasteiger partial charge in [-0.05, 0) is 43.4 Å². The third-order valence-electron chi connectivity index (χ3n) is 3.18. The van der Waals surface area contributed by atoms with Crippen molar-refractivity contribution in [2.24, 2.45) is 11.1 Å². The van der Waals surface area contributed by atoms with Crippen LogP contribution in [0.3, 0.4) is 0 Å². The molecule has 1 saturated carbocycles. The highest BCUT2D eigenvalue weighted by Crippen LogP contribution is 2.49. The molecule has 0 bridgehead atoms. The average molecular weight is 207 g/mol. The second-order valence-electron chi connectivity index (χ2n) is 4.27. The summed E-state index contributed by atoms with van der Waals surface area (Å²) in [6.45, 7) is 0. The number of benzene rings is 1. The molecule has 0 aromatic heterocycles. The van der Waals surface area contributed by atoms with E-state index in [4.69, 9.17) is 5.73 Å². The number of nitrogens with two attached hydrogens (primary N) is 1. The van der Waals surface area contributed by atoms with Crippen molar-refractivity contribution in [3.63, 3.8) is 0 Å². The van der Waals surface area contributed by atoms with Crippen molar-refractivity contribution in [2.75, 3.05) is 0 Å². The maximum atomic E-state index is 12.6. The Hall–Kier alpha value is -1.38.